The Morgan fingerprint density at radius 2 is 1.88 bits per heavy atom. The van der Waals surface area contributed by atoms with Gasteiger partial charge in [-0.2, -0.15) is 5.10 Å². The van der Waals surface area contributed by atoms with Gasteiger partial charge in [0.25, 0.3) is 5.91 Å². The predicted molar refractivity (Wildman–Crippen MR) is 131 cm³/mol. The molecule has 2 N–H and O–H groups in total. The molecule has 0 radical (unpaired) electrons. The summed E-state index contributed by atoms with van der Waals surface area (Å²) in [5.41, 5.74) is 4.04. The van der Waals surface area contributed by atoms with Crippen molar-refractivity contribution in [2.75, 3.05) is 24.8 Å². The SMILES string of the molecule is CCc1nc2c(cnn2CC)c(NC2CCOCC2)c1CNC(=O)c1ccc(S(C)(=O)=O)cc1. The molecule has 34 heavy (non-hydrogen) atoms. The minimum Gasteiger partial charge on any atom is -0.381 e. The van der Waals surface area contributed by atoms with Crippen molar-refractivity contribution < 1.29 is 17.9 Å². The molecule has 4 rings (SSSR count). The maximum atomic E-state index is 12.9. The predicted octanol–water partition coefficient (Wildman–Crippen LogP) is 2.94. The molecular weight excluding hydrogens is 454 g/mol. The van der Waals surface area contributed by atoms with E-state index in [2.05, 4.69) is 15.7 Å². The van der Waals surface area contributed by atoms with Crippen molar-refractivity contribution in [3.63, 3.8) is 0 Å². The topological polar surface area (TPSA) is 115 Å². The van der Waals surface area contributed by atoms with Crippen LogP contribution in [0.2, 0.25) is 0 Å². The monoisotopic (exact) mass is 485 g/mol. The highest BCUT2D eigenvalue weighted by atomic mass is 32.2. The van der Waals surface area contributed by atoms with Gasteiger partial charge in [-0.15, -0.1) is 0 Å². The number of nitrogens with one attached hydrogen (secondary N) is 2. The number of aryl methyl sites for hydroxylation is 2. The van der Waals surface area contributed by atoms with Crippen molar-refractivity contribution in [3.05, 3.63) is 47.3 Å². The summed E-state index contributed by atoms with van der Waals surface area (Å²) in [5, 5.41) is 12.1. The molecule has 1 aliphatic rings. The third kappa shape index (κ3) is 5.07. The smallest absolute Gasteiger partial charge is 0.251 e. The van der Waals surface area contributed by atoms with Crippen molar-refractivity contribution >= 4 is 32.5 Å². The second-order valence-corrected chi connectivity index (χ2v) is 10.5. The molecule has 3 aromatic rings. The van der Waals surface area contributed by atoms with Gasteiger partial charge in [0, 0.05) is 55.4 Å². The first-order valence-electron chi connectivity index (χ1n) is 11.6. The second-order valence-electron chi connectivity index (χ2n) is 8.47. The fraction of sp³-hybridized carbons (Fsp3) is 0.458. The molecule has 0 aliphatic carbocycles. The molecule has 0 unspecified atom stereocenters. The Morgan fingerprint density at radius 1 is 1.18 bits per heavy atom. The molecule has 0 bridgehead atoms. The number of sulfone groups is 1. The Hall–Kier alpha value is -2.98. The highest BCUT2D eigenvalue weighted by Crippen LogP contribution is 2.31. The van der Waals surface area contributed by atoms with E-state index in [9.17, 15) is 13.2 Å². The zero-order valence-electron chi connectivity index (χ0n) is 19.8. The molecule has 1 aliphatic heterocycles. The number of fused-ring (bicyclic) bond motifs is 1. The minimum atomic E-state index is -3.32. The normalized spacial score (nSPS) is 14.9. The highest BCUT2D eigenvalue weighted by Gasteiger charge is 2.22. The van der Waals surface area contributed by atoms with E-state index in [1.165, 1.54) is 24.3 Å². The van der Waals surface area contributed by atoms with Gasteiger partial charge in [-0.1, -0.05) is 6.92 Å². The Kier molecular flexibility index (Phi) is 7.18. The van der Waals surface area contributed by atoms with Crippen LogP contribution in [0, 0.1) is 0 Å². The van der Waals surface area contributed by atoms with E-state index in [0.717, 1.165) is 66.8 Å². The van der Waals surface area contributed by atoms with Gasteiger partial charge in [0.15, 0.2) is 15.5 Å². The molecule has 2 aromatic heterocycles. The molecule has 1 aromatic carbocycles. The quantitative estimate of drug-likeness (QED) is 0.504. The summed E-state index contributed by atoms with van der Waals surface area (Å²) >= 11 is 0. The maximum Gasteiger partial charge on any atom is 0.251 e. The molecule has 1 fully saturated rings. The lowest BCUT2D eigenvalue weighted by Crippen LogP contribution is -2.30. The van der Waals surface area contributed by atoms with Crippen LogP contribution < -0.4 is 10.6 Å². The number of anilines is 1. The molecular formula is C24H31N5O4S. The number of rotatable bonds is 8. The first kappa shape index (κ1) is 24.2. The molecule has 0 saturated carbocycles. The van der Waals surface area contributed by atoms with Crippen LogP contribution in [0.15, 0.2) is 35.4 Å². The average molecular weight is 486 g/mol. The number of benzene rings is 1. The summed E-state index contributed by atoms with van der Waals surface area (Å²) in [6.45, 7) is 6.53. The van der Waals surface area contributed by atoms with Crippen molar-refractivity contribution in [2.45, 2.75) is 57.1 Å². The molecule has 1 saturated heterocycles. The lowest BCUT2D eigenvalue weighted by atomic mass is 10.0. The largest absolute Gasteiger partial charge is 0.381 e. The fourth-order valence-corrected chi connectivity index (χ4v) is 4.86. The lowest BCUT2D eigenvalue weighted by molar-refractivity contribution is 0.0904. The van der Waals surface area contributed by atoms with Crippen molar-refractivity contribution in [3.8, 4) is 0 Å². The first-order chi connectivity index (χ1) is 16.3. The molecule has 1 amide bonds. The van der Waals surface area contributed by atoms with Gasteiger partial charge < -0.3 is 15.4 Å². The number of carbonyl (C=O) groups is 1. The van der Waals surface area contributed by atoms with Crippen LogP contribution in [-0.4, -0.2) is 54.6 Å². The number of nitrogens with zero attached hydrogens (tertiary/aromatic N) is 3. The Morgan fingerprint density at radius 3 is 2.50 bits per heavy atom. The third-order valence-electron chi connectivity index (χ3n) is 6.15. The zero-order chi connectivity index (χ0) is 24.3. The number of hydrogen-bond donors (Lipinski definition) is 2. The number of hydrogen-bond acceptors (Lipinski definition) is 7. The Labute approximate surface area is 199 Å². The highest BCUT2D eigenvalue weighted by molar-refractivity contribution is 7.90. The fourth-order valence-electron chi connectivity index (χ4n) is 4.22. The van der Waals surface area contributed by atoms with E-state index in [1.807, 2.05) is 24.7 Å². The van der Waals surface area contributed by atoms with Crippen LogP contribution in [0.3, 0.4) is 0 Å². The van der Waals surface area contributed by atoms with Crippen LogP contribution in [0.25, 0.3) is 11.0 Å². The van der Waals surface area contributed by atoms with Gasteiger partial charge in [0.05, 0.1) is 22.2 Å². The standard InChI is InChI=1S/C24H31N5O4S/c1-4-21-19(14-25-24(30)16-6-8-18(9-7-16)34(3,31)32)22(27-17-10-12-33-13-11-17)20-15-26-29(5-2)23(20)28-21/h6-9,15,17H,4-5,10-14H2,1-3H3,(H,25,30)(H,27,28). The maximum absolute atomic E-state index is 12.9. The average Bonchev–Trinajstić information content (AvgIpc) is 3.26. The van der Waals surface area contributed by atoms with Crippen LogP contribution in [0.1, 0.15) is 48.3 Å². The van der Waals surface area contributed by atoms with Gasteiger partial charge >= 0.3 is 0 Å². The Balaban J connectivity index is 1.64. The number of amides is 1. The van der Waals surface area contributed by atoms with Gasteiger partial charge in [0.1, 0.15) is 0 Å². The van der Waals surface area contributed by atoms with Gasteiger partial charge in [-0.3, -0.25) is 4.79 Å². The number of aromatic nitrogens is 3. The minimum absolute atomic E-state index is 0.183. The van der Waals surface area contributed by atoms with Crippen LogP contribution >= 0.6 is 0 Å². The van der Waals surface area contributed by atoms with Crippen LogP contribution in [0.5, 0.6) is 0 Å². The lowest BCUT2D eigenvalue weighted by Gasteiger charge is -2.26. The molecule has 0 spiro atoms. The van der Waals surface area contributed by atoms with Gasteiger partial charge in [-0.25, -0.2) is 18.1 Å². The molecule has 10 heteroatoms. The number of pyridine rings is 1. The van der Waals surface area contributed by atoms with Crippen LogP contribution in [-0.2, 0) is 34.1 Å². The third-order valence-corrected chi connectivity index (χ3v) is 7.27. The first-order valence-corrected chi connectivity index (χ1v) is 13.5. The van der Waals surface area contributed by atoms with E-state index in [0.29, 0.717) is 18.5 Å². The van der Waals surface area contributed by atoms with Crippen molar-refractivity contribution in [2.24, 2.45) is 0 Å². The van der Waals surface area contributed by atoms with Gasteiger partial charge in [0.2, 0.25) is 0 Å². The van der Waals surface area contributed by atoms with Crippen LogP contribution in [0.4, 0.5) is 5.69 Å². The van der Waals surface area contributed by atoms with E-state index < -0.39 is 9.84 Å². The van der Waals surface area contributed by atoms with E-state index in [4.69, 9.17) is 9.72 Å². The van der Waals surface area contributed by atoms with E-state index in [-0.39, 0.29) is 16.8 Å². The second kappa shape index (κ2) is 10.1. The summed E-state index contributed by atoms with van der Waals surface area (Å²) in [5.74, 6) is -0.275. The summed E-state index contributed by atoms with van der Waals surface area (Å²) < 4.78 is 30.8. The Bertz CT molecular complexity index is 1280. The van der Waals surface area contributed by atoms with E-state index >= 15 is 0 Å². The van der Waals surface area contributed by atoms with Crippen molar-refractivity contribution in [1.82, 2.24) is 20.1 Å². The molecule has 182 valence electrons. The van der Waals surface area contributed by atoms with E-state index in [1.54, 1.807) is 0 Å². The summed E-state index contributed by atoms with van der Waals surface area (Å²) in [4.78, 5) is 17.9. The van der Waals surface area contributed by atoms with Crippen molar-refractivity contribution in [1.29, 1.82) is 0 Å². The number of carbonyl (C=O) groups excluding carboxylic acids is 1. The summed E-state index contributed by atoms with van der Waals surface area (Å²) in [6.07, 6.45) is 5.51. The number of ether oxygens (including phenoxy) is 1. The molecule has 9 nitrogen and oxygen atoms in total. The zero-order valence-corrected chi connectivity index (χ0v) is 20.6. The molecule has 0 atom stereocenters. The summed E-state index contributed by atoms with van der Waals surface area (Å²) in [7, 11) is -3.32. The molecule has 3 heterocycles. The van der Waals surface area contributed by atoms with Gasteiger partial charge in [-0.05, 0) is 50.5 Å². The summed E-state index contributed by atoms with van der Waals surface area (Å²) in [6, 6.07) is 6.23.